The van der Waals surface area contributed by atoms with Crippen molar-refractivity contribution in [2.24, 2.45) is 0 Å². The van der Waals surface area contributed by atoms with Crippen LogP contribution >= 0.6 is 0 Å². The Morgan fingerprint density at radius 2 is 2.11 bits per heavy atom. The summed E-state index contributed by atoms with van der Waals surface area (Å²) in [6.45, 7) is 0.763. The fourth-order valence-electron chi connectivity index (χ4n) is 2.75. The Bertz CT molecular complexity index is 552. The minimum absolute atomic E-state index is 0.103. The molecule has 18 heavy (non-hydrogen) atoms. The maximum absolute atomic E-state index is 11.6. The monoisotopic (exact) mass is 271 g/mol. The molecular formula is C11H17N3O3S. The van der Waals surface area contributed by atoms with E-state index in [1.165, 1.54) is 0 Å². The van der Waals surface area contributed by atoms with E-state index in [9.17, 15) is 13.5 Å². The van der Waals surface area contributed by atoms with E-state index in [-0.39, 0.29) is 17.4 Å². The van der Waals surface area contributed by atoms with Gasteiger partial charge in [-0.1, -0.05) is 0 Å². The van der Waals surface area contributed by atoms with Gasteiger partial charge in [-0.05, 0) is 25.7 Å². The highest BCUT2D eigenvalue weighted by molar-refractivity contribution is 7.91. The second-order valence-electron chi connectivity index (χ2n) is 5.16. The average Bonchev–Trinajstić information content (AvgIpc) is 2.73. The van der Waals surface area contributed by atoms with E-state index >= 15 is 0 Å². The normalized spacial score (nSPS) is 30.9. The predicted octanol–water partition coefficient (Wildman–Crippen LogP) is 0.398. The maximum Gasteiger partial charge on any atom is 0.156 e. The average molecular weight is 271 g/mol. The molecule has 0 aromatic carbocycles. The van der Waals surface area contributed by atoms with Gasteiger partial charge in [0.1, 0.15) is 6.10 Å². The summed E-state index contributed by atoms with van der Waals surface area (Å²) < 4.78 is 25.0. The lowest BCUT2D eigenvalue weighted by molar-refractivity contribution is 0.130. The van der Waals surface area contributed by atoms with Gasteiger partial charge in [0.25, 0.3) is 0 Å². The van der Waals surface area contributed by atoms with Crippen LogP contribution in [0.5, 0.6) is 0 Å². The zero-order valence-corrected chi connectivity index (χ0v) is 10.9. The summed E-state index contributed by atoms with van der Waals surface area (Å²) in [6, 6.07) is 0. The first-order valence-electron chi connectivity index (χ1n) is 6.38. The van der Waals surface area contributed by atoms with Crippen molar-refractivity contribution in [3.05, 3.63) is 11.6 Å². The molecule has 3 heterocycles. The first-order chi connectivity index (χ1) is 8.55. The summed E-state index contributed by atoms with van der Waals surface area (Å²) in [5.41, 5.74) is 0. The van der Waals surface area contributed by atoms with Gasteiger partial charge in [0.2, 0.25) is 0 Å². The number of aliphatic hydroxyl groups excluding tert-OH is 1. The molecule has 0 radical (unpaired) electrons. The molecule has 0 saturated carbocycles. The number of aryl methyl sites for hydroxylation is 1. The van der Waals surface area contributed by atoms with Crippen LogP contribution in [0.1, 0.15) is 49.4 Å². The third-order valence-electron chi connectivity index (χ3n) is 3.69. The van der Waals surface area contributed by atoms with Crippen molar-refractivity contribution in [1.82, 2.24) is 14.8 Å². The Morgan fingerprint density at radius 3 is 2.83 bits per heavy atom. The molecule has 100 valence electrons. The molecule has 0 amide bonds. The molecule has 1 aromatic heterocycles. The van der Waals surface area contributed by atoms with Crippen molar-refractivity contribution in [2.75, 3.05) is 11.5 Å². The summed E-state index contributed by atoms with van der Waals surface area (Å²) in [5.74, 6) is 1.51. The summed E-state index contributed by atoms with van der Waals surface area (Å²) >= 11 is 0. The molecule has 2 aliphatic rings. The summed E-state index contributed by atoms with van der Waals surface area (Å²) in [6.07, 6.45) is 2.54. The number of nitrogens with zero attached hydrogens (tertiary/aromatic N) is 3. The fraction of sp³-hybridized carbons (Fsp3) is 0.818. The largest absolute Gasteiger partial charge is 0.385 e. The van der Waals surface area contributed by atoms with Crippen LogP contribution in [0.2, 0.25) is 0 Å². The van der Waals surface area contributed by atoms with E-state index in [0.29, 0.717) is 24.5 Å². The lowest BCUT2D eigenvalue weighted by Gasteiger charge is -2.18. The second-order valence-corrected chi connectivity index (χ2v) is 7.39. The Balaban J connectivity index is 1.89. The van der Waals surface area contributed by atoms with E-state index in [4.69, 9.17) is 0 Å². The maximum atomic E-state index is 11.6. The van der Waals surface area contributed by atoms with Gasteiger partial charge in [-0.3, -0.25) is 0 Å². The number of sulfone groups is 1. The molecule has 2 unspecified atom stereocenters. The molecule has 1 saturated heterocycles. The Hall–Kier alpha value is -0.950. The van der Waals surface area contributed by atoms with Crippen LogP contribution in [0.15, 0.2) is 0 Å². The Kier molecular flexibility index (Phi) is 2.90. The SMILES string of the molecule is O=S1(=O)CCCC(c2nc3n(n2)CCCC3O)C1. The fourth-order valence-corrected chi connectivity index (χ4v) is 4.45. The highest BCUT2D eigenvalue weighted by Crippen LogP contribution is 2.29. The molecule has 0 bridgehead atoms. The number of hydrogen-bond donors (Lipinski definition) is 1. The topological polar surface area (TPSA) is 85.1 Å². The minimum Gasteiger partial charge on any atom is -0.385 e. The summed E-state index contributed by atoms with van der Waals surface area (Å²) in [7, 11) is -2.95. The number of rotatable bonds is 1. The molecule has 1 aromatic rings. The van der Waals surface area contributed by atoms with Crippen molar-refractivity contribution in [2.45, 2.75) is 44.2 Å². The van der Waals surface area contributed by atoms with Gasteiger partial charge in [-0.25, -0.2) is 18.1 Å². The molecular weight excluding hydrogens is 254 g/mol. The zero-order valence-electron chi connectivity index (χ0n) is 10.1. The number of fused-ring (bicyclic) bond motifs is 1. The number of aromatic nitrogens is 3. The molecule has 1 N–H and O–H groups in total. The molecule has 2 atom stereocenters. The zero-order chi connectivity index (χ0) is 12.8. The van der Waals surface area contributed by atoms with E-state index < -0.39 is 15.9 Å². The molecule has 3 rings (SSSR count). The van der Waals surface area contributed by atoms with E-state index in [0.717, 1.165) is 19.4 Å². The van der Waals surface area contributed by atoms with Crippen molar-refractivity contribution in [3.63, 3.8) is 0 Å². The van der Waals surface area contributed by atoms with Gasteiger partial charge in [0, 0.05) is 12.5 Å². The third kappa shape index (κ3) is 2.16. The van der Waals surface area contributed by atoms with Crippen molar-refractivity contribution in [1.29, 1.82) is 0 Å². The summed E-state index contributed by atoms with van der Waals surface area (Å²) in [4.78, 5) is 4.36. The summed E-state index contributed by atoms with van der Waals surface area (Å²) in [5, 5.41) is 14.2. The lowest BCUT2D eigenvalue weighted by Crippen LogP contribution is -2.24. The standard InChI is InChI=1S/C11H17N3O3S/c15-9-4-1-5-14-11(9)12-10(13-14)8-3-2-6-18(16,17)7-8/h8-9,15H,1-7H2. The van der Waals surface area contributed by atoms with Gasteiger partial charge in [0.05, 0.1) is 11.5 Å². The van der Waals surface area contributed by atoms with Gasteiger partial charge >= 0.3 is 0 Å². The van der Waals surface area contributed by atoms with Crippen LogP contribution in [0.3, 0.4) is 0 Å². The smallest absolute Gasteiger partial charge is 0.156 e. The van der Waals surface area contributed by atoms with Gasteiger partial charge in [-0.15, -0.1) is 0 Å². The van der Waals surface area contributed by atoms with Crippen LogP contribution < -0.4 is 0 Å². The highest BCUT2D eigenvalue weighted by atomic mass is 32.2. The molecule has 0 spiro atoms. The number of aliphatic hydroxyl groups is 1. The van der Waals surface area contributed by atoms with Crippen LogP contribution in [0, 0.1) is 0 Å². The quantitative estimate of drug-likeness (QED) is 0.799. The minimum atomic E-state index is -2.95. The molecule has 2 aliphatic heterocycles. The van der Waals surface area contributed by atoms with E-state index in [2.05, 4.69) is 10.1 Å². The first kappa shape index (κ1) is 12.1. The lowest BCUT2D eigenvalue weighted by atomic mass is 10.1. The van der Waals surface area contributed by atoms with Gasteiger partial charge in [-0.2, -0.15) is 5.10 Å². The van der Waals surface area contributed by atoms with E-state index in [1.807, 2.05) is 0 Å². The van der Waals surface area contributed by atoms with E-state index in [1.54, 1.807) is 4.68 Å². The highest BCUT2D eigenvalue weighted by Gasteiger charge is 2.31. The Morgan fingerprint density at radius 1 is 1.28 bits per heavy atom. The van der Waals surface area contributed by atoms with Gasteiger partial charge < -0.3 is 5.11 Å². The van der Waals surface area contributed by atoms with Crippen molar-refractivity contribution < 1.29 is 13.5 Å². The molecule has 1 fully saturated rings. The second kappa shape index (κ2) is 4.31. The first-order valence-corrected chi connectivity index (χ1v) is 8.20. The molecule has 0 aliphatic carbocycles. The predicted molar refractivity (Wildman–Crippen MR) is 64.8 cm³/mol. The van der Waals surface area contributed by atoms with Crippen molar-refractivity contribution >= 4 is 9.84 Å². The Labute approximate surface area is 106 Å². The number of hydrogen-bond acceptors (Lipinski definition) is 5. The van der Waals surface area contributed by atoms with Crippen LogP contribution in [-0.2, 0) is 16.4 Å². The van der Waals surface area contributed by atoms with Crippen LogP contribution in [-0.4, -0.2) is 39.8 Å². The molecule has 7 heteroatoms. The van der Waals surface area contributed by atoms with Gasteiger partial charge in [0.15, 0.2) is 21.5 Å². The van der Waals surface area contributed by atoms with Crippen LogP contribution in [0.25, 0.3) is 0 Å². The van der Waals surface area contributed by atoms with Crippen LogP contribution in [0.4, 0.5) is 0 Å². The van der Waals surface area contributed by atoms with Crippen molar-refractivity contribution in [3.8, 4) is 0 Å². The molecule has 6 nitrogen and oxygen atoms in total. The third-order valence-corrected chi connectivity index (χ3v) is 5.51.